The third-order valence-electron chi connectivity index (χ3n) is 7.15. The quantitative estimate of drug-likeness (QED) is 0.754. The molecule has 1 aliphatic heterocycles. The molecule has 2 aliphatic carbocycles. The number of thiophene rings is 1. The summed E-state index contributed by atoms with van der Waals surface area (Å²) in [6.07, 6.45) is 10.4. The Balaban J connectivity index is 1.51. The lowest BCUT2D eigenvalue weighted by Gasteiger charge is -2.44. The summed E-state index contributed by atoms with van der Waals surface area (Å²) in [4.78, 5) is 17.2. The molecule has 1 amide bonds. The Morgan fingerprint density at radius 2 is 1.63 bits per heavy atom. The molecule has 150 valence electrons. The van der Waals surface area contributed by atoms with Crippen molar-refractivity contribution in [3.63, 3.8) is 0 Å². The molecule has 1 aromatic heterocycles. The van der Waals surface area contributed by atoms with Gasteiger partial charge in [0.05, 0.1) is 18.2 Å². The number of methoxy groups -OCH3 is 2. The van der Waals surface area contributed by atoms with Crippen molar-refractivity contribution >= 4 is 17.2 Å². The van der Waals surface area contributed by atoms with Crippen LogP contribution in [0, 0.1) is 11.8 Å². The number of carbonyl (C=O) groups excluding carboxylic acids is 1. The summed E-state index contributed by atoms with van der Waals surface area (Å²) in [5.41, 5.74) is 1.48. The molecule has 3 aliphatic rings. The molecule has 0 N–H and O–H groups in total. The molecule has 0 saturated heterocycles. The van der Waals surface area contributed by atoms with Gasteiger partial charge >= 0.3 is 0 Å². The van der Waals surface area contributed by atoms with E-state index in [1.807, 2.05) is 18.4 Å². The van der Waals surface area contributed by atoms with Crippen LogP contribution in [0.1, 0.15) is 67.8 Å². The lowest BCUT2D eigenvalue weighted by molar-refractivity contribution is -0.142. The maximum Gasteiger partial charge on any atom is 0.226 e. The highest BCUT2D eigenvalue weighted by Crippen LogP contribution is 2.45. The number of ether oxygens (including phenoxy) is 2. The van der Waals surface area contributed by atoms with E-state index in [0.29, 0.717) is 30.1 Å². The highest BCUT2D eigenvalue weighted by atomic mass is 32.1. The van der Waals surface area contributed by atoms with E-state index < -0.39 is 0 Å². The van der Waals surface area contributed by atoms with Gasteiger partial charge in [-0.15, -0.1) is 11.3 Å². The predicted molar refractivity (Wildman–Crippen MR) is 108 cm³/mol. The summed E-state index contributed by atoms with van der Waals surface area (Å²) < 4.78 is 11.1. The highest BCUT2D eigenvalue weighted by molar-refractivity contribution is 7.10. The van der Waals surface area contributed by atoms with Crippen molar-refractivity contribution in [3.8, 4) is 0 Å². The Morgan fingerprint density at radius 3 is 2.26 bits per heavy atom. The molecule has 1 unspecified atom stereocenters. The van der Waals surface area contributed by atoms with Gasteiger partial charge in [-0.25, -0.2) is 0 Å². The fraction of sp³-hybridized carbons (Fsp3) is 0.773. The van der Waals surface area contributed by atoms with Crippen LogP contribution in [0.2, 0.25) is 0 Å². The molecule has 1 atom stereocenters. The van der Waals surface area contributed by atoms with Crippen LogP contribution in [0.4, 0.5) is 0 Å². The standard InChI is InChI=1S/C22H33NO3S/c1-25-18-7-3-15(4-8-18)20-21-16(12-14-27-21)11-13-23(20)22(24)17-5-9-19(26-2)10-6-17/h12,14-15,17-20H,3-11,13H2,1-2H3. The molecule has 27 heavy (non-hydrogen) atoms. The average molecular weight is 392 g/mol. The zero-order valence-corrected chi connectivity index (χ0v) is 17.5. The van der Waals surface area contributed by atoms with Gasteiger partial charge in [-0.2, -0.15) is 0 Å². The van der Waals surface area contributed by atoms with Gasteiger partial charge in [-0.1, -0.05) is 0 Å². The van der Waals surface area contributed by atoms with Crippen LogP contribution in [-0.4, -0.2) is 43.8 Å². The molecule has 0 aromatic carbocycles. The van der Waals surface area contributed by atoms with Crippen molar-refractivity contribution < 1.29 is 14.3 Å². The van der Waals surface area contributed by atoms with E-state index >= 15 is 0 Å². The zero-order chi connectivity index (χ0) is 18.8. The second kappa shape index (κ2) is 8.62. The molecule has 5 heteroatoms. The van der Waals surface area contributed by atoms with Crippen molar-refractivity contribution in [2.45, 2.75) is 76.0 Å². The minimum atomic E-state index is 0.190. The van der Waals surface area contributed by atoms with E-state index in [1.165, 1.54) is 23.3 Å². The largest absolute Gasteiger partial charge is 0.381 e. The molecule has 0 bridgehead atoms. The first-order valence-electron chi connectivity index (χ1n) is 10.6. The maximum atomic E-state index is 13.5. The third-order valence-corrected chi connectivity index (χ3v) is 8.18. The fourth-order valence-corrected chi connectivity index (χ4v) is 6.63. The lowest BCUT2D eigenvalue weighted by atomic mass is 9.78. The van der Waals surface area contributed by atoms with Crippen LogP contribution in [0.3, 0.4) is 0 Å². The van der Waals surface area contributed by atoms with Gasteiger partial charge in [0.2, 0.25) is 5.91 Å². The second-order valence-electron chi connectivity index (χ2n) is 8.52. The van der Waals surface area contributed by atoms with Gasteiger partial charge in [-0.3, -0.25) is 4.79 Å². The molecular weight excluding hydrogens is 358 g/mol. The minimum absolute atomic E-state index is 0.190. The van der Waals surface area contributed by atoms with Crippen LogP contribution in [-0.2, 0) is 20.7 Å². The topological polar surface area (TPSA) is 38.8 Å². The molecule has 4 nitrogen and oxygen atoms in total. The third kappa shape index (κ3) is 3.96. The molecular formula is C22H33NO3S. The summed E-state index contributed by atoms with van der Waals surface area (Å²) in [6.45, 7) is 0.891. The van der Waals surface area contributed by atoms with Crippen LogP contribution in [0.5, 0.6) is 0 Å². The molecule has 0 spiro atoms. The first-order chi connectivity index (χ1) is 13.2. The van der Waals surface area contributed by atoms with E-state index in [4.69, 9.17) is 9.47 Å². The van der Waals surface area contributed by atoms with Crippen LogP contribution < -0.4 is 0 Å². The highest BCUT2D eigenvalue weighted by Gasteiger charge is 2.41. The van der Waals surface area contributed by atoms with Crippen LogP contribution in [0.25, 0.3) is 0 Å². The van der Waals surface area contributed by atoms with Gasteiger partial charge in [-0.05, 0) is 80.7 Å². The van der Waals surface area contributed by atoms with Gasteiger partial charge in [0.15, 0.2) is 0 Å². The van der Waals surface area contributed by atoms with E-state index in [-0.39, 0.29) is 5.92 Å². The number of carbonyl (C=O) groups is 1. The number of fused-ring (bicyclic) bond motifs is 1. The Kier molecular flexibility index (Phi) is 6.20. The summed E-state index contributed by atoms with van der Waals surface area (Å²) in [7, 11) is 3.62. The first-order valence-corrected chi connectivity index (χ1v) is 11.5. The Bertz CT molecular complexity index is 629. The lowest BCUT2D eigenvalue weighted by Crippen LogP contribution is -2.47. The Morgan fingerprint density at radius 1 is 1.00 bits per heavy atom. The molecule has 4 rings (SSSR count). The molecule has 2 heterocycles. The predicted octanol–water partition coefficient (Wildman–Crippen LogP) is 4.58. The monoisotopic (exact) mass is 391 g/mol. The fourth-order valence-electron chi connectivity index (χ4n) is 5.47. The summed E-state index contributed by atoms with van der Waals surface area (Å²) in [5.74, 6) is 1.17. The number of rotatable bonds is 4. The van der Waals surface area contributed by atoms with Crippen molar-refractivity contribution in [1.29, 1.82) is 0 Å². The van der Waals surface area contributed by atoms with Crippen molar-refractivity contribution in [3.05, 3.63) is 21.9 Å². The molecule has 2 fully saturated rings. The SMILES string of the molecule is COC1CCC(C(=O)N2CCc3ccsc3C2C2CCC(OC)CC2)CC1. The van der Waals surface area contributed by atoms with Crippen molar-refractivity contribution in [2.75, 3.05) is 20.8 Å². The van der Waals surface area contributed by atoms with E-state index in [2.05, 4.69) is 16.3 Å². The van der Waals surface area contributed by atoms with Gasteiger partial charge in [0.25, 0.3) is 0 Å². The van der Waals surface area contributed by atoms with E-state index in [9.17, 15) is 4.79 Å². The summed E-state index contributed by atoms with van der Waals surface area (Å²) in [5, 5.41) is 2.22. The van der Waals surface area contributed by atoms with Gasteiger partial charge < -0.3 is 14.4 Å². The Hall–Kier alpha value is -0.910. The van der Waals surface area contributed by atoms with Gasteiger partial charge in [0, 0.05) is 31.6 Å². The number of hydrogen-bond donors (Lipinski definition) is 0. The second-order valence-corrected chi connectivity index (χ2v) is 9.47. The smallest absolute Gasteiger partial charge is 0.226 e. The molecule has 0 radical (unpaired) electrons. The molecule has 2 saturated carbocycles. The van der Waals surface area contributed by atoms with E-state index in [1.54, 1.807) is 7.11 Å². The van der Waals surface area contributed by atoms with Crippen LogP contribution in [0.15, 0.2) is 11.4 Å². The maximum absolute atomic E-state index is 13.5. The van der Waals surface area contributed by atoms with Crippen LogP contribution >= 0.6 is 11.3 Å². The first kappa shape index (κ1) is 19.4. The number of hydrogen-bond acceptors (Lipinski definition) is 4. The Labute approximate surface area is 167 Å². The summed E-state index contributed by atoms with van der Waals surface area (Å²) >= 11 is 1.86. The van der Waals surface area contributed by atoms with Gasteiger partial charge in [0.1, 0.15) is 0 Å². The van der Waals surface area contributed by atoms with Crippen molar-refractivity contribution in [2.24, 2.45) is 11.8 Å². The van der Waals surface area contributed by atoms with E-state index in [0.717, 1.165) is 51.5 Å². The minimum Gasteiger partial charge on any atom is -0.381 e. The average Bonchev–Trinajstić information content (AvgIpc) is 3.21. The number of amides is 1. The molecule has 1 aromatic rings. The number of nitrogens with zero attached hydrogens (tertiary/aromatic N) is 1. The normalized spacial score (nSPS) is 34.3. The van der Waals surface area contributed by atoms with Crippen molar-refractivity contribution in [1.82, 2.24) is 4.90 Å². The zero-order valence-electron chi connectivity index (χ0n) is 16.7. The summed E-state index contributed by atoms with van der Waals surface area (Å²) in [6, 6.07) is 2.57.